The van der Waals surface area contributed by atoms with Crippen LogP contribution in [0.25, 0.3) is 0 Å². The highest BCUT2D eigenvalue weighted by molar-refractivity contribution is 14.1. The lowest BCUT2D eigenvalue weighted by molar-refractivity contribution is 0.308. The van der Waals surface area contributed by atoms with Gasteiger partial charge >= 0.3 is 0 Å². The van der Waals surface area contributed by atoms with E-state index in [1.807, 2.05) is 44.2 Å². The molecule has 0 spiro atoms. The minimum Gasteiger partial charge on any atom is -0.493 e. The summed E-state index contributed by atoms with van der Waals surface area (Å²) in [5, 5.41) is 0.716. The van der Waals surface area contributed by atoms with Crippen LogP contribution in [-0.4, -0.2) is 19.9 Å². The van der Waals surface area contributed by atoms with Crippen molar-refractivity contribution in [1.29, 1.82) is 0 Å². The van der Waals surface area contributed by atoms with Crippen LogP contribution < -0.4 is 9.47 Å². The van der Waals surface area contributed by atoms with Crippen molar-refractivity contribution >= 4 is 46.1 Å². The lowest BCUT2D eigenvalue weighted by Gasteiger charge is -2.12. The molecule has 2 rings (SSSR count). The van der Waals surface area contributed by atoms with Crippen LogP contribution in [0.1, 0.15) is 18.1 Å². The van der Waals surface area contributed by atoms with E-state index in [9.17, 15) is 0 Å². The number of nitrogens with zero attached hydrogens (tertiary/aromatic N) is 1. The van der Waals surface area contributed by atoms with Gasteiger partial charge in [-0.1, -0.05) is 17.7 Å². The number of aliphatic imine (C=N–C) groups is 1. The number of methoxy groups -OCH3 is 1. The van der Waals surface area contributed by atoms with Crippen molar-refractivity contribution in [3.63, 3.8) is 0 Å². The molecule has 0 aliphatic heterocycles. The molecular formula is C17H17ClINO2. The van der Waals surface area contributed by atoms with Gasteiger partial charge in [0.1, 0.15) is 0 Å². The molecule has 22 heavy (non-hydrogen) atoms. The van der Waals surface area contributed by atoms with Gasteiger partial charge in [0, 0.05) is 11.2 Å². The second kappa shape index (κ2) is 7.83. The lowest BCUT2D eigenvalue weighted by atomic mass is 10.2. The standard InChI is InChI=1S/C17H17ClINO2/c1-4-22-17-15(19)7-12(8-16(17)21-3)10-20-13-6-5-11(2)14(18)9-13/h5-10H,4H2,1-3H3. The van der Waals surface area contributed by atoms with E-state index in [1.165, 1.54) is 0 Å². The Morgan fingerprint density at radius 1 is 1.27 bits per heavy atom. The van der Waals surface area contributed by atoms with Gasteiger partial charge in [-0.2, -0.15) is 0 Å². The smallest absolute Gasteiger partial charge is 0.174 e. The highest BCUT2D eigenvalue weighted by Gasteiger charge is 2.10. The van der Waals surface area contributed by atoms with Crippen molar-refractivity contribution < 1.29 is 9.47 Å². The summed E-state index contributed by atoms with van der Waals surface area (Å²) in [5.74, 6) is 1.47. The molecule has 0 fully saturated rings. The number of aryl methyl sites for hydroxylation is 1. The minimum atomic E-state index is 0.599. The summed E-state index contributed by atoms with van der Waals surface area (Å²) in [6.45, 7) is 4.52. The van der Waals surface area contributed by atoms with E-state index in [-0.39, 0.29) is 0 Å². The predicted octanol–water partition coefficient (Wildman–Crippen LogP) is 5.41. The first kappa shape index (κ1) is 17.1. The van der Waals surface area contributed by atoms with Crippen LogP contribution in [-0.2, 0) is 0 Å². The molecule has 2 aromatic rings. The van der Waals surface area contributed by atoms with E-state index in [1.54, 1.807) is 13.3 Å². The van der Waals surface area contributed by atoms with Crippen molar-refractivity contribution in [3.05, 3.63) is 50.1 Å². The van der Waals surface area contributed by atoms with E-state index in [0.717, 1.165) is 26.1 Å². The average molecular weight is 430 g/mol. The molecule has 5 heteroatoms. The molecule has 0 aliphatic rings. The van der Waals surface area contributed by atoms with Gasteiger partial charge in [-0.15, -0.1) is 0 Å². The van der Waals surface area contributed by atoms with Crippen molar-refractivity contribution in [3.8, 4) is 11.5 Å². The van der Waals surface area contributed by atoms with Gasteiger partial charge in [-0.05, 0) is 71.8 Å². The summed E-state index contributed by atoms with van der Waals surface area (Å²) in [6.07, 6.45) is 1.79. The number of hydrogen-bond donors (Lipinski definition) is 0. The molecule has 0 amide bonds. The Labute approximate surface area is 149 Å². The van der Waals surface area contributed by atoms with Gasteiger partial charge in [-0.3, -0.25) is 4.99 Å². The van der Waals surface area contributed by atoms with Gasteiger partial charge in [0.2, 0.25) is 0 Å². The fourth-order valence-electron chi connectivity index (χ4n) is 1.91. The van der Waals surface area contributed by atoms with Gasteiger partial charge < -0.3 is 9.47 Å². The summed E-state index contributed by atoms with van der Waals surface area (Å²) < 4.78 is 12.0. The third kappa shape index (κ3) is 4.14. The van der Waals surface area contributed by atoms with Crippen molar-refractivity contribution in [2.75, 3.05) is 13.7 Å². The molecule has 0 N–H and O–H groups in total. The van der Waals surface area contributed by atoms with Crippen LogP contribution >= 0.6 is 34.2 Å². The van der Waals surface area contributed by atoms with Crippen molar-refractivity contribution in [2.45, 2.75) is 13.8 Å². The van der Waals surface area contributed by atoms with Gasteiger partial charge in [0.25, 0.3) is 0 Å². The molecule has 3 nitrogen and oxygen atoms in total. The second-order valence-electron chi connectivity index (χ2n) is 4.66. The molecule has 0 saturated heterocycles. The Hall–Kier alpha value is -1.27. The van der Waals surface area contributed by atoms with Crippen LogP contribution in [0.3, 0.4) is 0 Å². The first-order valence-electron chi connectivity index (χ1n) is 6.85. The summed E-state index contributed by atoms with van der Waals surface area (Å²) in [5.41, 5.74) is 2.80. The summed E-state index contributed by atoms with van der Waals surface area (Å²) in [7, 11) is 1.63. The monoisotopic (exact) mass is 429 g/mol. The maximum Gasteiger partial charge on any atom is 0.174 e. The van der Waals surface area contributed by atoms with Crippen molar-refractivity contribution in [2.24, 2.45) is 4.99 Å². The average Bonchev–Trinajstić information content (AvgIpc) is 2.50. The number of halogens is 2. The first-order valence-corrected chi connectivity index (χ1v) is 8.31. The zero-order valence-corrected chi connectivity index (χ0v) is 15.6. The molecule has 0 atom stereocenters. The molecule has 0 aliphatic carbocycles. The minimum absolute atomic E-state index is 0.599. The Morgan fingerprint density at radius 2 is 2.05 bits per heavy atom. The molecule has 0 aromatic heterocycles. The van der Waals surface area contributed by atoms with Gasteiger partial charge in [-0.25, -0.2) is 0 Å². The normalized spacial score (nSPS) is 11.0. The highest BCUT2D eigenvalue weighted by atomic mass is 127. The predicted molar refractivity (Wildman–Crippen MR) is 100 cm³/mol. The Bertz CT molecular complexity index is 701. The Balaban J connectivity index is 2.30. The summed E-state index contributed by atoms with van der Waals surface area (Å²) in [6, 6.07) is 9.66. The Morgan fingerprint density at radius 3 is 2.68 bits per heavy atom. The molecule has 2 aromatic carbocycles. The lowest BCUT2D eigenvalue weighted by Crippen LogP contribution is -1.99. The quantitative estimate of drug-likeness (QED) is 0.470. The second-order valence-corrected chi connectivity index (χ2v) is 6.23. The van der Waals surface area contributed by atoms with E-state index >= 15 is 0 Å². The molecular weight excluding hydrogens is 413 g/mol. The van der Waals surface area contributed by atoms with Crippen LogP contribution in [0.4, 0.5) is 5.69 Å². The van der Waals surface area contributed by atoms with Crippen LogP contribution in [0.2, 0.25) is 5.02 Å². The highest BCUT2D eigenvalue weighted by Crippen LogP contribution is 2.33. The third-order valence-electron chi connectivity index (χ3n) is 3.06. The van der Waals surface area contributed by atoms with Crippen molar-refractivity contribution in [1.82, 2.24) is 0 Å². The largest absolute Gasteiger partial charge is 0.493 e. The summed E-state index contributed by atoms with van der Waals surface area (Å²) >= 11 is 8.35. The van der Waals surface area contributed by atoms with E-state index < -0.39 is 0 Å². The molecule has 0 bridgehead atoms. The van der Waals surface area contributed by atoms with Crippen LogP contribution in [0.15, 0.2) is 35.3 Å². The topological polar surface area (TPSA) is 30.8 Å². The van der Waals surface area contributed by atoms with Gasteiger partial charge in [0.15, 0.2) is 11.5 Å². The third-order valence-corrected chi connectivity index (χ3v) is 4.27. The van der Waals surface area contributed by atoms with E-state index in [0.29, 0.717) is 17.4 Å². The number of ether oxygens (including phenoxy) is 2. The molecule has 0 heterocycles. The van der Waals surface area contributed by atoms with Gasteiger partial charge in [0.05, 0.1) is 23.0 Å². The SMILES string of the molecule is CCOc1c(I)cc(C=Nc2ccc(C)c(Cl)c2)cc1OC. The first-order chi connectivity index (χ1) is 10.5. The Kier molecular flexibility index (Phi) is 6.08. The number of benzene rings is 2. The fourth-order valence-corrected chi connectivity index (χ4v) is 2.87. The molecule has 116 valence electrons. The number of rotatable bonds is 5. The zero-order chi connectivity index (χ0) is 16.1. The van der Waals surface area contributed by atoms with E-state index in [4.69, 9.17) is 21.1 Å². The molecule has 0 radical (unpaired) electrons. The zero-order valence-electron chi connectivity index (χ0n) is 12.7. The maximum absolute atomic E-state index is 6.11. The fraction of sp³-hybridized carbons (Fsp3) is 0.235. The molecule has 0 saturated carbocycles. The van der Waals surface area contributed by atoms with Crippen LogP contribution in [0.5, 0.6) is 11.5 Å². The van der Waals surface area contributed by atoms with E-state index in [2.05, 4.69) is 27.6 Å². The van der Waals surface area contributed by atoms with Crippen LogP contribution in [0, 0.1) is 10.5 Å². The maximum atomic E-state index is 6.11. The molecule has 0 unspecified atom stereocenters. The number of hydrogen-bond acceptors (Lipinski definition) is 3. The summed E-state index contributed by atoms with van der Waals surface area (Å²) in [4.78, 5) is 4.46.